The number of hydrogen-bond donors (Lipinski definition) is 3. The van der Waals surface area contributed by atoms with Crippen molar-refractivity contribution in [1.29, 1.82) is 0 Å². The summed E-state index contributed by atoms with van der Waals surface area (Å²) in [5.41, 5.74) is 5.19. The summed E-state index contributed by atoms with van der Waals surface area (Å²) < 4.78 is 0. The molecule has 0 spiro atoms. The fourth-order valence-corrected chi connectivity index (χ4v) is 2.66. The molecule has 1 aromatic heterocycles. The first kappa shape index (κ1) is 16.5. The minimum Gasteiger partial charge on any atom is -0.388 e. The Kier molecular flexibility index (Phi) is 5.54. The van der Waals surface area contributed by atoms with Gasteiger partial charge in [-0.2, -0.15) is 0 Å². The zero-order valence-electron chi connectivity index (χ0n) is 11.8. The van der Waals surface area contributed by atoms with E-state index >= 15 is 0 Å². The van der Waals surface area contributed by atoms with Gasteiger partial charge in [-0.3, -0.25) is 20.4 Å². The van der Waals surface area contributed by atoms with E-state index in [9.17, 15) is 14.7 Å². The average Bonchev–Trinajstić information content (AvgIpc) is 2.92. The van der Waals surface area contributed by atoms with Gasteiger partial charge < -0.3 is 5.11 Å². The van der Waals surface area contributed by atoms with Crippen LogP contribution in [0.5, 0.6) is 0 Å². The molecule has 0 aliphatic carbocycles. The molecule has 0 fully saturated rings. The van der Waals surface area contributed by atoms with Crippen LogP contribution in [0.3, 0.4) is 0 Å². The summed E-state index contributed by atoms with van der Waals surface area (Å²) >= 11 is 7.09. The molecule has 2 amide bonds. The molecule has 1 unspecified atom stereocenters. The largest absolute Gasteiger partial charge is 0.388 e. The van der Waals surface area contributed by atoms with Gasteiger partial charge in [0.2, 0.25) is 5.91 Å². The van der Waals surface area contributed by atoms with Gasteiger partial charge in [0.05, 0.1) is 17.4 Å². The number of aliphatic hydroxyl groups is 1. The van der Waals surface area contributed by atoms with Gasteiger partial charge >= 0.3 is 0 Å². The van der Waals surface area contributed by atoms with Crippen LogP contribution in [0.2, 0.25) is 5.02 Å². The Balaban J connectivity index is 1.82. The second-order valence-corrected chi connectivity index (χ2v) is 6.41. The molecular weight excluding hydrogens is 324 g/mol. The monoisotopic (exact) mass is 338 g/mol. The molecule has 116 valence electrons. The lowest BCUT2D eigenvalue weighted by Gasteiger charge is -2.11. The third-order valence-corrected chi connectivity index (χ3v) is 4.16. The first-order valence-corrected chi connectivity index (χ1v) is 7.74. The molecule has 3 N–H and O–H groups in total. The molecule has 0 aliphatic heterocycles. The molecular formula is C15H15ClN2O3S. The van der Waals surface area contributed by atoms with E-state index in [4.69, 9.17) is 11.6 Å². The van der Waals surface area contributed by atoms with E-state index in [1.54, 1.807) is 30.3 Å². The van der Waals surface area contributed by atoms with Crippen LogP contribution in [0.25, 0.3) is 0 Å². The van der Waals surface area contributed by atoms with Gasteiger partial charge in [-0.15, -0.1) is 11.3 Å². The van der Waals surface area contributed by atoms with Crippen LogP contribution in [-0.4, -0.2) is 16.9 Å². The predicted molar refractivity (Wildman–Crippen MR) is 85.7 cm³/mol. The average molecular weight is 339 g/mol. The number of nitrogens with one attached hydrogen (secondary N) is 2. The molecule has 0 bridgehead atoms. The lowest BCUT2D eigenvalue weighted by Crippen LogP contribution is -2.41. The number of hydrazine groups is 1. The first-order valence-electron chi connectivity index (χ1n) is 6.55. The van der Waals surface area contributed by atoms with Crippen molar-refractivity contribution in [3.8, 4) is 0 Å². The van der Waals surface area contributed by atoms with Crippen molar-refractivity contribution in [2.24, 2.45) is 0 Å². The van der Waals surface area contributed by atoms with Gasteiger partial charge in [-0.1, -0.05) is 23.7 Å². The zero-order valence-corrected chi connectivity index (χ0v) is 13.4. The van der Waals surface area contributed by atoms with Crippen LogP contribution < -0.4 is 10.9 Å². The van der Waals surface area contributed by atoms with E-state index in [0.29, 0.717) is 15.5 Å². The van der Waals surface area contributed by atoms with Gasteiger partial charge in [0, 0.05) is 9.90 Å². The summed E-state index contributed by atoms with van der Waals surface area (Å²) in [6, 6.07) is 10.1. The standard InChI is InChI=1S/C15H15ClN2O3S/c1-9-2-7-13(22-9)15(21)18-17-14(20)8-12(19)10-3-5-11(16)6-4-10/h2-7,12,19H,8H2,1H3,(H,17,20)(H,18,21). The van der Waals surface area contributed by atoms with Gasteiger partial charge in [0.1, 0.15) is 0 Å². The van der Waals surface area contributed by atoms with Gasteiger partial charge in [0.25, 0.3) is 5.91 Å². The second kappa shape index (κ2) is 7.40. The third kappa shape index (κ3) is 4.56. The fourth-order valence-electron chi connectivity index (χ4n) is 1.77. The van der Waals surface area contributed by atoms with E-state index in [1.165, 1.54) is 11.3 Å². The minimum atomic E-state index is -0.960. The van der Waals surface area contributed by atoms with Crippen LogP contribution in [0.15, 0.2) is 36.4 Å². The molecule has 0 radical (unpaired) electrons. The number of carbonyl (C=O) groups is 2. The Morgan fingerprint density at radius 1 is 1.18 bits per heavy atom. The second-order valence-electron chi connectivity index (χ2n) is 4.68. The topological polar surface area (TPSA) is 78.4 Å². The summed E-state index contributed by atoms with van der Waals surface area (Å²) in [4.78, 5) is 25.0. The van der Waals surface area contributed by atoms with Crippen molar-refractivity contribution in [2.45, 2.75) is 19.4 Å². The maximum Gasteiger partial charge on any atom is 0.279 e. The maximum atomic E-state index is 11.8. The van der Waals surface area contributed by atoms with E-state index in [1.807, 2.05) is 13.0 Å². The van der Waals surface area contributed by atoms with Crippen molar-refractivity contribution in [3.63, 3.8) is 0 Å². The molecule has 1 heterocycles. The highest BCUT2D eigenvalue weighted by Crippen LogP contribution is 2.19. The molecule has 2 rings (SSSR count). The van der Waals surface area contributed by atoms with Crippen LogP contribution in [-0.2, 0) is 4.79 Å². The summed E-state index contributed by atoms with van der Waals surface area (Å²) in [5, 5.41) is 10.5. The molecule has 5 nitrogen and oxygen atoms in total. The molecule has 22 heavy (non-hydrogen) atoms. The zero-order chi connectivity index (χ0) is 16.1. The quantitative estimate of drug-likeness (QED) is 0.750. The number of aryl methyl sites for hydroxylation is 1. The number of thiophene rings is 1. The van der Waals surface area contributed by atoms with Crippen LogP contribution in [0.1, 0.15) is 32.6 Å². The minimum absolute atomic E-state index is 0.161. The molecule has 2 aromatic rings. The van der Waals surface area contributed by atoms with Gasteiger partial charge in [-0.25, -0.2) is 0 Å². The number of benzene rings is 1. The van der Waals surface area contributed by atoms with E-state index in [2.05, 4.69) is 10.9 Å². The molecule has 0 saturated heterocycles. The summed E-state index contributed by atoms with van der Waals surface area (Å²) in [6.45, 7) is 1.89. The Hall–Kier alpha value is -1.89. The van der Waals surface area contributed by atoms with Crippen LogP contribution >= 0.6 is 22.9 Å². The highest BCUT2D eigenvalue weighted by atomic mass is 35.5. The Morgan fingerprint density at radius 2 is 1.86 bits per heavy atom. The SMILES string of the molecule is Cc1ccc(C(=O)NNC(=O)CC(O)c2ccc(Cl)cc2)s1. The Bertz CT molecular complexity index is 670. The predicted octanol–water partition coefficient (Wildman–Crippen LogP) is 2.59. The fraction of sp³-hybridized carbons (Fsp3) is 0.200. The highest BCUT2D eigenvalue weighted by molar-refractivity contribution is 7.13. The number of halogens is 1. The maximum absolute atomic E-state index is 11.8. The molecule has 0 saturated carbocycles. The number of aliphatic hydroxyl groups excluding tert-OH is 1. The van der Waals surface area contributed by atoms with E-state index in [0.717, 1.165) is 4.88 Å². The van der Waals surface area contributed by atoms with Crippen LogP contribution in [0.4, 0.5) is 0 Å². The lowest BCUT2D eigenvalue weighted by atomic mass is 10.1. The van der Waals surface area contributed by atoms with E-state index < -0.39 is 12.0 Å². The lowest BCUT2D eigenvalue weighted by molar-refractivity contribution is -0.123. The first-order chi connectivity index (χ1) is 10.5. The summed E-state index contributed by atoms with van der Waals surface area (Å²) in [7, 11) is 0. The Labute approximate surface area is 136 Å². The smallest absolute Gasteiger partial charge is 0.279 e. The molecule has 7 heteroatoms. The van der Waals surface area contributed by atoms with Crippen molar-refractivity contribution >= 4 is 34.8 Å². The highest BCUT2D eigenvalue weighted by Gasteiger charge is 2.14. The normalized spacial score (nSPS) is 11.8. The van der Waals surface area contributed by atoms with Gasteiger partial charge in [-0.05, 0) is 36.8 Å². The third-order valence-electron chi connectivity index (χ3n) is 2.91. The van der Waals surface area contributed by atoms with Crippen molar-refractivity contribution in [3.05, 3.63) is 56.7 Å². The molecule has 1 aromatic carbocycles. The van der Waals surface area contributed by atoms with Crippen LogP contribution in [0, 0.1) is 6.92 Å². The van der Waals surface area contributed by atoms with Crippen molar-refractivity contribution in [2.75, 3.05) is 0 Å². The summed E-state index contributed by atoms with van der Waals surface area (Å²) in [5.74, 6) is -0.864. The van der Waals surface area contributed by atoms with Crippen molar-refractivity contribution in [1.82, 2.24) is 10.9 Å². The van der Waals surface area contributed by atoms with E-state index in [-0.39, 0.29) is 12.3 Å². The number of carbonyl (C=O) groups excluding carboxylic acids is 2. The number of rotatable bonds is 4. The van der Waals surface area contributed by atoms with Gasteiger partial charge in [0.15, 0.2) is 0 Å². The Morgan fingerprint density at radius 3 is 2.45 bits per heavy atom. The number of amides is 2. The van der Waals surface area contributed by atoms with Crippen molar-refractivity contribution < 1.29 is 14.7 Å². The summed E-state index contributed by atoms with van der Waals surface area (Å²) in [6.07, 6.45) is -1.12. The molecule has 0 aliphatic rings. The molecule has 1 atom stereocenters. The number of hydrogen-bond acceptors (Lipinski definition) is 4.